The number of hydrogen-bond acceptors (Lipinski definition) is 2. The van der Waals surface area contributed by atoms with Gasteiger partial charge in [0.2, 0.25) is 0 Å². The van der Waals surface area contributed by atoms with Crippen LogP contribution in [-0.2, 0) is 4.79 Å². The smallest absolute Gasteiger partial charge is 0.303 e. The van der Waals surface area contributed by atoms with Gasteiger partial charge in [-0.3, -0.25) is 9.69 Å². The highest BCUT2D eigenvalue weighted by molar-refractivity contribution is 5.67. The van der Waals surface area contributed by atoms with E-state index in [0.717, 1.165) is 19.5 Å². The molecule has 1 N–H and O–H groups in total. The minimum atomic E-state index is -0.674. The number of aliphatic carboxylic acids is 1. The van der Waals surface area contributed by atoms with E-state index in [2.05, 4.69) is 44.7 Å². The Kier molecular flexibility index (Phi) is 4.48. The van der Waals surface area contributed by atoms with Crippen molar-refractivity contribution < 1.29 is 9.90 Å². The molecule has 0 bridgehead atoms. The van der Waals surface area contributed by atoms with Crippen LogP contribution in [-0.4, -0.2) is 29.1 Å². The highest BCUT2D eigenvalue weighted by Crippen LogP contribution is 2.32. The number of aryl methyl sites for hydroxylation is 3. The van der Waals surface area contributed by atoms with E-state index in [0.29, 0.717) is 18.4 Å². The molecule has 2 rings (SSSR count). The van der Waals surface area contributed by atoms with E-state index in [1.54, 1.807) is 0 Å². The number of carboxylic acid groups (broad SMARTS) is 1. The number of rotatable bonds is 4. The van der Waals surface area contributed by atoms with Crippen molar-refractivity contribution in [1.29, 1.82) is 0 Å². The molecule has 0 aliphatic carbocycles. The molecule has 1 saturated heterocycles. The maximum atomic E-state index is 10.8. The average molecular weight is 275 g/mol. The SMILES string of the molecule is Cc1cc(C)c(C(C)N2CCC(CC(=O)O)C2)c(C)c1. The Morgan fingerprint density at radius 2 is 1.95 bits per heavy atom. The summed E-state index contributed by atoms with van der Waals surface area (Å²) < 4.78 is 0. The van der Waals surface area contributed by atoms with Crippen molar-refractivity contribution in [2.45, 2.75) is 46.6 Å². The first kappa shape index (κ1) is 15.0. The lowest BCUT2D eigenvalue weighted by Gasteiger charge is -2.28. The molecule has 1 aromatic rings. The fraction of sp³-hybridized carbons (Fsp3) is 0.588. The summed E-state index contributed by atoms with van der Waals surface area (Å²) in [7, 11) is 0. The topological polar surface area (TPSA) is 40.5 Å². The Bertz CT molecular complexity index is 487. The van der Waals surface area contributed by atoms with Crippen LogP contribution in [0.25, 0.3) is 0 Å². The van der Waals surface area contributed by atoms with Crippen LogP contribution in [0.4, 0.5) is 0 Å². The van der Waals surface area contributed by atoms with E-state index in [9.17, 15) is 4.79 Å². The zero-order valence-corrected chi connectivity index (χ0v) is 12.9. The zero-order chi connectivity index (χ0) is 14.9. The molecular formula is C17H25NO2. The van der Waals surface area contributed by atoms with Gasteiger partial charge in [0.25, 0.3) is 0 Å². The zero-order valence-electron chi connectivity index (χ0n) is 12.9. The van der Waals surface area contributed by atoms with Crippen molar-refractivity contribution in [2.24, 2.45) is 5.92 Å². The molecular weight excluding hydrogens is 250 g/mol. The Morgan fingerprint density at radius 1 is 1.35 bits per heavy atom. The molecule has 3 heteroatoms. The van der Waals surface area contributed by atoms with Gasteiger partial charge < -0.3 is 5.11 Å². The van der Waals surface area contributed by atoms with Gasteiger partial charge in [0.05, 0.1) is 0 Å². The van der Waals surface area contributed by atoms with Crippen LogP contribution in [0, 0.1) is 26.7 Å². The molecule has 1 aromatic carbocycles. The van der Waals surface area contributed by atoms with Crippen molar-refractivity contribution >= 4 is 5.97 Å². The van der Waals surface area contributed by atoms with Gasteiger partial charge >= 0.3 is 5.97 Å². The van der Waals surface area contributed by atoms with Crippen molar-refractivity contribution in [3.8, 4) is 0 Å². The fourth-order valence-electron chi connectivity index (χ4n) is 3.66. The number of nitrogens with zero attached hydrogens (tertiary/aromatic N) is 1. The van der Waals surface area contributed by atoms with Gasteiger partial charge in [-0.1, -0.05) is 17.7 Å². The molecule has 0 spiro atoms. The van der Waals surface area contributed by atoms with E-state index in [-0.39, 0.29) is 0 Å². The third-order valence-electron chi connectivity index (χ3n) is 4.48. The van der Waals surface area contributed by atoms with Crippen LogP contribution in [0.5, 0.6) is 0 Å². The van der Waals surface area contributed by atoms with Crippen molar-refractivity contribution in [1.82, 2.24) is 4.90 Å². The molecule has 20 heavy (non-hydrogen) atoms. The van der Waals surface area contributed by atoms with Crippen LogP contribution >= 0.6 is 0 Å². The van der Waals surface area contributed by atoms with Crippen LogP contribution in [0.1, 0.15) is 48.1 Å². The molecule has 1 fully saturated rings. The summed E-state index contributed by atoms with van der Waals surface area (Å²) >= 11 is 0. The van der Waals surface area contributed by atoms with Crippen LogP contribution < -0.4 is 0 Å². The maximum Gasteiger partial charge on any atom is 0.303 e. The molecule has 0 radical (unpaired) electrons. The Labute approximate surface area is 121 Å². The van der Waals surface area contributed by atoms with Gasteiger partial charge in [-0.15, -0.1) is 0 Å². The summed E-state index contributed by atoms with van der Waals surface area (Å²) in [6.45, 7) is 10.6. The first-order valence-corrected chi connectivity index (χ1v) is 7.42. The Balaban J connectivity index is 2.13. The molecule has 0 amide bonds. The molecule has 0 saturated carbocycles. The van der Waals surface area contributed by atoms with Crippen molar-refractivity contribution in [3.63, 3.8) is 0 Å². The normalized spacial score (nSPS) is 21.1. The van der Waals surface area contributed by atoms with Crippen molar-refractivity contribution in [3.05, 3.63) is 34.4 Å². The summed E-state index contributed by atoms with van der Waals surface area (Å²) in [5.74, 6) is -0.367. The highest BCUT2D eigenvalue weighted by Gasteiger charge is 2.29. The minimum absolute atomic E-state index is 0.301. The van der Waals surface area contributed by atoms with E-state index in [1.807, 2.05) is 0 Å². The molecule has 1 heterocycles. The summed E-state index contributed by atoms with van der Waals surface area (Å²) in [6.07, 6.45) is 1.30. The second-order valence-corrected chi connectivity index (χ2v) is 6.24. The molecule has 1 aliphatic rings. The fourth-order valence-corrected chi connectivity index (χ4v) is 3.66. The third kappa shape index (κ3) is 3.21. The quantitative estimate of drug-likeness (QED) is 0.914. The molecule has 3 nitrogen and oxygen atoms in total. The van der Waals surface area contributed by atoms with Crippen molar-refractivity contribution in [2.75, 3.05) is 13.1 Å². The van der Waals surface area contributed by atoms with Gasteiger partial charge in [-0.05, 0) is 63.3 Å². The van der Waals surface area contributed by atoms with Gasteiger partial charge in [0, 0.05) is 19.0 Å². The average Bonchev–Trinajstić information content (AvgIpc) is 2.74. The van der Waals surface area contributed by atoms with Crippen LogP contribution in [0.15, 0.2) is 12.1 Å². The number of carbonyl (C=O) groups is 1. The number of likely N-dealkylation sites (tertiary alicyclic amines) is 1. The first-order chi connectivity index (χ1) is 9.38. The number of benzene rings is 1. The maximum absolute atomic E-state index is 10.8. The second-order valence-electron chi connectivity index (χ2n) is 6.24. The molecule has 2 unspecified atom stereocenters. The summed E-state index contributed by atoms with van der Waals surface area (Å²) in [6, 6.07) is 4.85. The van der Waals surface area contributed by atoms with Gasteiger partial charge in [-0.2, -0.15) is 0 Å². The second kappa shape index (κ2) is 5.96. The molecule has 2 atom stereocenters. The van der Waals surface area contributed by atoms with E-state index in [1.165, 1.54) is 22.3 Å². The lowest BCUT2D eigenvalue weighted by molar-refractivity contribution is -0.138. The largest absolute Gasteiger partial charge is 0.481 e. The number of carboxylic acids is 1. The van der Waals surface area contributed by atoms with E-state index < -0.39 is 5.97 Å². The third-order valence-corrected chi connectivity index (χ3v) is 4.48. The molecule has 0 aromatic heterocycles. The Hall–Kier alpha value is -1.35. The van der Waals surface area contributed by atoms with E-state index in [4.69, 9.17) is 5.11 Å². The lowest BCUT2D eigenvalue weighted by atomic mass is 9.94. The molecule has 110 valence electrons. The summed E-state index contributed by atoms with van der Waals surface area (Å²) in [5.41, 5.74) is 5.40. The predicted octanol–water partition coefficient (Wildman–Crippen LogP) is 3.47. The summed E-state index contributed by atoms with van der Waals surface area (Å²) in [5, 5.41) is 8.92. The number of hydrogen-bond donors (Lipinski definition) is 1. The van der Waals surface area contributed by atoms with Gasteiger partial charge in [0.1, 0.15) is 0 Å². The van der Waals surface area contributed by atoms with Crippen LogP contribution in [0.3, 0.4) is 0 Å². The monoisotopic (exact) mass is 275 g/mol. The summed E-state index contributed by atoms with van der Waals surface area (Å²) in [4.78, 5) is 13.3. The van der Waals surface area contributed by atoms with E-state index >= 15 is 0 Å². The molecule has 1 aliphatic heterocycles. The minimum Gasteiger partial charge on any atom is -0.481 e. The van der Waals surface area contributed by atoms with Gasteiger partial charge in [-0.25, -0.2) is 0 Å². The standard InChI is InChI=1S/C17H25NO2/c1-11-7-12(2)17(13(3)8-11)14(4)18-6-5-15(10-18)9-16(19)20/h7-8,14-15H,5-6,9-10H2,1-4H3,(H,19,20). The lowest BCUT2D eigenvalue weighted by Crippen LogP contribution is -2.26. The van der Waals surface area contributed by atoms with Crippen LogP contribution in [0.2, 0.25) is 0 Å². The highest BCUT2D eigenvalue weighted by atomic mass is 16.4. The predicted molar refractivity (Wildman–Crippen MR) is 81.0 cm³/mol. The first-order valence-electron chi connectivity index (χ1n) is 7.42. The Morgan fingerprint density at radius 3 is 2.50 bits per heavy atom. The van der Waals surface area contributed by atoms with Gasteiger partial charge in [0.15, 0.2) is 0 Å².